The first kappa shape index (κ1) is 44.1. The highest BCUT2D eigenvalue weighted by Crippen LogP contribution is 2.31. The van der Waals surface area contributed by atoms with Crippen molar-refractivity contribution in [3.05, 3.63) is 47.5 Å². The first-order valence-corrected chi connectivity index (χ1v) is 19.9. The zero-order valence-corrected chi connectivity index (χ0v) is 34.5. The minimum atomic E-state index is -0.921. The van der Waals surface area contributed by atoms with Crippen LogP contribution in [0.5, 0.6) is 0 Å². The number of likely N-dealkylation sites (tertiary alicyclic amines) is 2. The molecule has 2 N–H and O–H groups in total. The summed E-state index contributed by atoms with van der Waals surface area (Å²) in [6.45, 7) is 6.48. The number of fused-ring (bicyclic) bond motifs is 1. The van der Waals surface area contributed by atoms with Gasteiger partial charge in [0.1, 0.15) is 35.2 Å². The Bertz CT molecular complexity index is 2090. The van der Waals surface area contributed by atoms with E-state index in [4.69, 9.17) is 9.47 Å². The first-order chi connectivity index (χ1) is 28.2. The number of nitrogens with one attached hydrogen (secondary N) is 2. The summed E-state index contributed by atoms with van der Waals surface area (Å²) >= 11 is 0.894. The lowest BCUT2D eigenvalue weighted by Gasteiger charge is -2.29. The molecule has 3 aromatic rings. The highest BCUT2D eigenvalue weighted by Gasteiger charge is 2.41. The van der Waals surface area contributed by atoms with Crippen molar-refractivity contribution in [2.24, 2.45) is 11.8 Å². The second kappa shape index (κ2) is 19.6. The fourth-order valence-corrected chi connectivity index (χ4v) is 7.67. The normalized spacial score (nSPS) is 17.4. The molecule has 0 bridgehead atoms. The van der Waals surface area contributed by atoms with Gasteiger partial charge in [-0.15, -0.1) is 0 Å². The smallest absolute Gasteiger partial charge is 0.407 e. The summed E-state index contributed by atoms with van der Waals surface area (Å²) in [6.07, 6.45) is 0.252. The number of carbonyl (C=O) groups is 8. The van der Waals surface area contributed by atoms with Gasteiger partial charge in [-0.3, -0.25) is 19.2 Å². The standard InChI is InChI=1S/C40H48N6O12S/c1-21(2)31(41-39(53)55-5)35(49)45-17-7-9-27(45)37(51)57-19-29(47)24-13-11-23(12-14-24)25-15-16-26(34-33(25)43-59-44-34)30(48)20-58-38(52)28-10-8-18-46(28)36(50)32(22(3)4)42-40(54)56-6/h11-16,21-22,27-28,31-32H,7-10,17-20H2,1-6H3,(H,41,53)(H,42,54)/t27-,28-,31-,32-/m0/s1. The van der Waals surface area contributed by atoms with Crippen LogP contribution >= 0.6 is 11.7 Å². The number of methoxy groups -OCH3 is 2. The number of hydrogen-bond donors (Lipinski definition) is 2. The van der Waals surface area contributed by atoms with Gasteiger partial charge >= 0.3 is 24.1 Å². The molecule has 0 saturated carbocycles. The maximum absolute atomic E-state index is 13.4. The number of ether oxygens (including phenoxy) is 4. The lowest BCUT2D eigenvalue weighted by Crippen LogP contribution is -2.54. The highest BCUT2D eigenvalue weighted by atomic mass is 32.1. The van der Waals surface area contributed by atoms with Gasteiger partial charge in [0.25, 0.3) is 0 Å². The van der Waals surface area contributed by atoms with Crippen molar-refractivity contribution in [1.82, 2.24) is 29.2 Å². The molecule has 2 fully saturated rings. The summed E-state index contributed by atoms with van der Waals surface area (Å²) in [5, 5.41) is 5.04. The van der Waals surface area contributed by atoms with Crippen molar-refractivity contribution in [3.8, 4) is 11.1 Å². The minimum Gasteiger partial charge on any atom is -0.456 e. The summed E-state index contributed by atoms with van der Waals surface area (Å²) in [5.41, 5.74) is 2.46. The third-order valence-electron chi connectivity index (χ3n) is 10.3. The lowest BCUT2D eigenvalue weighted by molar-refractivity contribution is -0.153. The number of carbonyl (C=O) groups excluding carboxylic acids is 8. The second-order valence-corrected chi connectivity index (χ2v) is 15.4. The van der Waals surface area contributed by atoms with Gasteiger partial charge < -0.3 is 39.4 Å². The van der Waals surface area contributed by atoms with Crippen LogP contribution in [0, 0.1) is 11.8 Å². The number of nitrogens with zero attached hydrogens (tertiary/aromatic N) is 4. The number of benzene rings is 2. The number of esters is 2. The van der Waals surface area contributed by atoms with Crippen molar-refractivity contribution in [2.75, 3.05) is 40.5 Å². The van der Waals surface area contributed by atoms with Crippen LogP contribution in [-0.2, 0) is 38.1 Å². The SMILES string of the molecule is COC(=O)N[C@H](C(=O)N1CCC[C@H]1C(=O)OCC(=O)c1ccc(-c2ccc(C(=O)COC(=O)[C@@H]3CCCN3C(=O)[C@@H](NC(=O)OC)C(C)C)c3nsnc23)cc1)C(C)C. The number of rotatable bonds is 15. The number of hydrogen-bond acceptors (Lipinski definition) is 15. The van der Waals surface area contributed by atoms with Crippen LogP contribution in [0.15, 0.2) is 36.4 Å². The Morgan fingerprint density at radius 2 is 1.15 bits per heavy atom. The summed E-state index contributed by atoms with van der Waals surface area (Å²) in [7, 11) is 2.38. The molecule has 2 aliphatic rings. The van der Waals surface area contributed by atoms with Crippen LogP contribution < -0.4 is 10.6 Å². The van der Waals surface area contributed by atoms with Crippen molar-refractivity contribution < 1.29 is 57.3 Å². The quantitative estimate of drug-likeness (QED) is 0.127. The number of alkyl carbamates (subject to hydrolysis) is 2. The molecule has 19 heteroatoms. The van der Waals surface area contributed by atoms with Gasteiger partial charge in [0.2, 0.25) is 17.6 Å². The predicted molar refractivity (Wildman–Crippen MR) is 211 cm³/mol. The Kier molecular flexibility index (Phi) is 14.7. The average molecular weight is 837 g/mol. The first-order valence-electron chi connectivity index (χ1n) is 19.2. The van der Waals surface area contributed by atoms with Crippen LogP contribution in [0.25, 0.3) is 22.2 Å². The van der Waals surface area contributed by atoms with Crippen LogP contribution in [-0.4, -0.2) is 131 Å². The summed E-state index contributed by atoms with van der Waals surface area (Å²) in [4.78, 5) is 106. The number of aromatic nitrogens is 2. The van der Waals surface area contributed by atoms with E-state index in [2.05, 4.69) is 28.9 Å². The Morgan fingerprint density at radius 1 is 0.678 bits per heavy atom. The molecular weight excluding hydrogens is 789 g/mol. The molecule has 2 saturated heterocycles. The van der Waals surface area contributed by atoms with Crippen LogP contribution in [0.2, 0.25) is 0 Å². The number of ketones is 2. The van der Waals surface area contributed by atoms with Gasteiger partial charge in [0.15, 0.2) is 19.0 Å². The topological polar surface area (TPSA) is 230 Å². The Hall–Kier alpha value is -5.98. The summed E-state index contributed by atoms with van der Waals surface area (Å²) in [5.74, 6) is -3.89. The molecule has 1 aromatic heterocycles. The van der Waals surface area contributed by atoms with Gasteiger partial charge in [-0.2, -0.15) is 8.75 Å². The molecular formula is C40H48N6O12S. The van der Waals surface area contributed by atoms with E-state index in [9.17, 15) is 38.4 Å². The number of Topliss-reactive ketones (excluding diaryl/α,β-unsaturated/α-hetero) is 2. The molecule has 0 aliphatic carbocycles. The molecule has 316 valence electrons. The monoisotopic (exact) mass is 836 g/mol. The van der Waals surface area contributed by atoms with Crippen LogP contribution in [0.3, 0.4) is 0 Å². The molecule has 2 aromatic carbocycles. The Labute approximate surface area is 344 Å². The molecule has 0 spiro atoms. The van der Waals surface area contributed by atoms with E-state index < -0.39 is 84.9 Å². The van der Waals surface area contributed by atoms with Gasteiger partial charge in [-0.05, 0) is 49.1 Å². The second-order valence-electron chi connectivity index (χ2n) is 14.9. The van der Waals surface area contributed by atoms with E-state index in [1.54, 1.807) is 64.1 Å². The fraction of sp³-hybridized carbons (Fsp3) is 0.500. The zero-order valence-electron chi connectivity index (χ0n) is 33.7. The molecule has 18 nitrogen and oxygen atoms in total. The zero-order chi connectivity index (χ0) is 43.0. The van der Waals surface area contributed by atoms with E-state index in [0.29, 0.717) is 54.4 Å². The Morgan fingerprint density at radius 3 is 1.63 bits per heavy atom. The van der Waals surface area contributed by atoms with Gasteiger partial charge in [-0.1, -0.05) is 58.0 Å². The maximum Gasteiger partial charge on any atom is 0.407 e. The third-order valence-corrected chi connectivity index (χ3v) is 10.9. The van der Waals surface area contributed by atoms with Crippen LogP contribution in [0.4, 0.5) is 9.59 Å². The highest BCUT2D eigenvalue weighted by molar-refractivity contribution is 7.00. The fourth-order valence-electron chi connectivity index (χ4n) is 7.09. The van der Waals surface area contributed by atoms with E-state index in [1.165, 1.54) is 24.0 Å². The van der Waals surface area contributed by atoms with E-state index >= 15 is 0 Å². The van der Waals surface area contributed by atoms with Gasteiger partial charge in [0.05, 0.1) is 31.5 Å². The Balaban J connectivity index is 1.19. The van der Waals surface area contributed by atoms with Crippen molar-refractivity contribution in [3.63, 3.8) is 0 Å². The molecule has 0 unspecified atom stereocenters. The van der Waals surface area contributed by atoms with E-state index in [1.807, 2.05) is 0 Å². The molecule has 4 atom stereocenters. The summed E-state index contributed by atoms with van der Waals surface area (Å²) in [6, 6.07) is 6.09. The van der Waals surface area contributed by atoms with Crippen molar-refractivity contribution >= 4 is 70.3 Å². The predicted octanol–water partition coefficient (Wildman–Crippen LogP) is 3.55. The summed E-state index contributed by atoms with van der Waals surface area (Å²) < 4.78 is 28.8. The average Bonchev–Trinajstić information content (AvgIpc) is 4.04. The number of amides is 4. The van der Waals surface area contributed by atoms with Crippen molar-refractivity contribution in [2.45, 2.75) is 77.5 Å². The molecule has 59 heavy (non-hydrogen) atoms. The van der Waals surface area contributed by atoms with E-state index in [-0.39, 0.29) is 29.5 Å². The van der Waals surface area contributed by atoms with Crippen molar-refractivity contribution in [1.29, 1.82) is 0 Å². The minimum absolute atomic E-state index is 0.183. The van der Waals surface area contributed by atoms with E-state index in [0.717, 1.165) is 11.7 Å². The molecule has 2 aliphatic heterocycles. The molecule has 0 radical (unpaired) electrons. The molecule has 4 amide bonds. The largest absolute Gasteiger partial charge is 0.456 e. The lowest BCUT2D eigenvalue weighted by atomic mass is 9.98. The van der Waals surface area contributed by atoms with Crippen LogP contribution in [0.1, 0.15) is 74.1 Å². The van der Waals surface area contributed by atoms with Gasteiger partial charge in [-0.25, -0.2) is 19.2 Å². The molecule has 3 heterocycles. The molecule has 5 rings (SSSR count). The van der Waals surface area contributed by atoms with Gasteiger partial charge in [0, 0.05) is 24.2 Å². The third kappa shape index (κ3) is 10.2. The maximum atomic E-state index is 13.4.